The van der Waals surface area contributed by atoms with E-state index in [2.05, 4.69) is 10.6 Å². The third-order valence-corrected chi connectivity index (χ3v) is 3.46. The van der Waals surface area contributed by atoms with Crippen LogP contribution in [0.25, 0.3) is 0 Å². The van der Waals surface area contributed by atoms with E-state index in [-0.39, 0.29) is 12.5 Å². The minimum absolute atomic E-state index is 0.259. The number of nitrogens with one attached hydrogen (secondary N) is 2. The summed E-state index contributed by atoms with van der Waals surface area (Å²) in [6.07, 6.45) is 1.26. The Kier molecular flexibility index (Phi) is 5.20. The van der Waals surface area contributed by atoms with Crippen molar-refractivity contribution in [2.75, 3.05) is 10.6 Å². The van der Waals surface area contributed by atoms with Crippen LogP contribution in [0.15, 0.2) is 40.1 Å². The molecule has 1 aromatic carbocycles. The minimum atomic E-state index is -0.590. The first-order chi connectivity index (χ1) is 11.3. The first-order valence-electron chi connectivity index (χ1n) is 6.91. The first kappa shape index (κ1) is 17.5. The van der Waals surface area contributed by atoms with Crippen molar-refractivity contribution in [2.45, 2.75) is 13.5 Å². The van der Waals surface area contributed by atoms with E-state index in [9.17, 15) is 19.2 Å². The molecule has 0 saturated carbocycles. The van der Waals surface area contributed by atoms with Gasteiger partial charge in [0.25, 0.3) is 5.56 Å². The zero-order chi connectivity index (χ0) is 17.9. The van der Waals surface area contributed by atoms with Crippen molar-refractivity contribution >= 4 is 34.8 Å². The monoisotopic (exact) mass is 350 g/mol. The molecule has 0 bridgehead atoms. The van der Waals surface area contributed by atoms with Gasteiger partial charge in [-0.3, -0.25) is 23.5 Å². The number of nitrogens with zero attached hydrogens (tertiary/aromatic N) is 2. The average molecular weight is 351 g/mol. The molecular weight excluding hydrogens is 336 g/mol. The molecule has 0 fully saturated rings. The van der Waals surface area contributed by atoms with Crippen molar-refractivity contribution in [3.63, 3.8) is 0 Å². The molecule has 0 aliphatic carbocycles. The maximum Gasteiger partial charge on any atom is 0.331 e. The van der Waals surface area contributed by atoms with Crippen molar-refractivity contribution in [3.8, 4) is 0 Å². The van der Waals surface area contributed by atoms with Gasteiger partial charge in [-0.15, -0.1) is 0 Å². The zero-order valence-electron chi connectivity index (χ0n) is 13.0. The van der Waals surface area contributed by atoms with Crippen LogP contribution in [0.2, 0.25) is 5.02 Å². The average Bonchev–Trinajstić information content (AvgIpc) is 2.51. The topological polar surface area (TPSA) is 102 Å². The zero-order valence-corrected chi connectivity index (χ0v) is 13.8. The molecule has 0 atom stereocenters. The number of rotatable bonds is 4. The summed E-state index contributed by atoms with van der Waals surface area (Å²) >= 11 is 5.95. The molecule has 24 heavy (non-hydrogen) atoms. The van der Waals surface area contributed by atoms with Gasteiger partial charge in [0.2, 0.25) is 11.8 Å². The summed E-state index contributed by atoms with van der Waals surface area (Å²) in [5, 5.41) is 5.47. The fraction of sp³-hybridized carbons (Fsp3) is 0.200. The predicted molar refractivity (Wildman–Crippen MR) is 90.3 cm³/mol. The second kappa shape index (κ2) is 7.14. The molecule has 0 spiro atoms. The molecule has 2 amide bonds. The Hall–Kier alpha value is -2.87. The molecule has 0 unspecified atom stereocenters. The highest BCUT2D eigenvalue weighted by Gasteiger charge is 2.09. The summed E-state index contributed by atoms with van der Waals surface area (Å²) in [6.45, 7) is 1.08. The van der Waals surface area contributed by atoms with Gasteiger partial charge in [0.05, 0.1) is 10.7 Å². The lowest BCUT2D eigenvalue weighted by Gasteiger charge is -2.10. The summed E-state index contributed by atoms with van der Waals surface area (Å²) in [5.74, 6) is -0.760. The van der Waals surface area contributed by atoms with Crippen LogP contribution in [0.1, 0.15) is 6.92 Å². The van der Waals surface area contributed by atoms with Crippen molar-refractivity contribution in [1.29, 1.82) is 0 Å². The summed E-state index contributed by atoms with van der Waals surface area (Å²) < 4.78 is 2.02. The smallest absolute Gasteiger partial charge is 0.325 e. The fourth-order valence-electron chi connectivity index (χ4n) is 1.98. The Balaban J connectivity index is 2.16. The number of halogens is 1. The van der Waals surface area contributed by atoms with Gasteiger partial charge < -0.3 is 10.6 Å². The summed E-state index contributed by atoms with van der Waals surface area (Å²) in [5.41, 5.74) is -0.269. The fourth-order valence-corrected chi connectivity index (χ4v) is 2.15. The maximum atomic E-state index is 12.1. The Morgan fingerprint density at radius 2 is 1.88 bits per heavy atom. The maximum absolute atomic E-state index is 12.1. The van der Waals surface area contributed by atoms with Crippen molar-refractivity contribution in [2.24, 2.45) is 7.05 Å². The van der Waals surface area contributed by atoms with Gasteiger partial charge in [-0.05, 0) is 18.2 Å². The predicted octanol–water partition coefficient (Wildman–Crippen LogP) is 0.797. The molecule has 9 heteroatoms. The quantitative estimate of drug-likeness (QED) is 0.851. The molecule has 8 nitrogen and oxygen atoms in total. The van der Waals surface area contributed by atoms with E-state index in [1.807, 2.05) is 0 Å². The third-order valence-electron chi connectivity index (χ3n) is 3.14. The van der Waals surface area contributed by atoms with E-state index in [4.69, 9.17) is 11.6 Å². The van der Waals surface area contributed by atoms with Crippen LogP contribution in [-0.2, 0) is 23.2 Å². The molecule has 1 aromatic heterocycles. The highest BCUT2D eigenvalue weighted by atomic mass is 35.5. The number of aromatic nitrogens is 2. The van der Waals surface area contributed by atoms with Crippen LogP contribution in [0.4, 0.5) is 11.4 Å². The number of carbonyl (C=O) groups is 2. The lowest BCUT2D eigenvalue weighted by Crippen LogP contribution is -2.38. The van der Waals surface area contributed by atoms with Gasteiger partial charge in [-0.2, -0.15) is 0 Å². The number of hydrogen-bond donors (Lipinski definition) is 2. The lowest BCUT2D eigenvalue weighted by atomic mass is 10.2. The highest BCUT2D eigenvalue weighted by molar-refractivity contribution is 6.33. The Labute approximate surface area is 141 Å². The second-order valence-corrected chi connectivity index (χ2v) is 5.45. The molecule has 1 heterocycles. The SMILES string of the molecule is CC(=O)Nc1cc(NC(=O)Cn2ccc(=O)n(C)c2=O)ccc1Cl. The Morgan fingerprint density at radius 3 is 2.54 bits per heavy atom. The number of anilines is 2. The van der Waals surface area contributed by atoms with E-state index in [1.165, 1.54) is 38.4 Å². The normalized spacial score (nSPS) is 10.3. The van der Waals surface area contributed by atoms with E-state index >= 15 is 0 Å². The van der Waals surface area contributed by atoms with E-state index in [0.717, 1.165) is 9.13 Å². The second-order valence-electron chi connectivity index (χ2n) is 5.05. The molecule has 2 N–H and O–H groups in total. The molecule has 0 aliphatic heterocycles. The third kappa shape index (κ3) is 4.11. The molecule has 0 saturated heterocycles. The van der Waals surface area contributed by atoms with E-state index in [1.54, 1.807) is 6.07 Å². The van der Waals surface area contributed by atoms with Gasteiger partial charge in [-0.25, -0.2) is 4.79 Å². The van der Waals surface area contributed by atoms with Crippen LogP contribution in [0, 0.1) is 0 Å². The number of hydrogen-bond acceptors (Lipinski definition) is 4. The van der Waals surface area contributed by atoms with Crippen molar-refractivity contribution in [1.82, 2.24) is 9.13 Å². The summed E-state index contributed by atoms with van der Waals surface area (Å²) in [4.78, 5) is 46.4. The van der Waals surface area contributed by atoms with Crippen LogP contribution < -0.4 is 21.9 Å². The van der Waals surface area contributed by atoms with Gasteiger partial charge >= 0.3 is 5.69 Å². The number of carbonyl (C=O) groups excluding carboxylic acids is 2. The van der Waals surface area contributed by atoms with Crippen LogP contribution in [0.3, 0.4) is 0 Å². The first-order valence-corrected chi connectivity index (χ1v) is 7.29. The van der Waals surface area contributed by atoms with Gasteiger partial charge in [-0.1, -0.05) is 11.6 Å². The molecule has 2 aromatic rings. The van der Waals surface area contributed by atoms with Gasteiger partial charge in [0.1, 0.15) is 6.54 Å². The summed E-state index contributed by atoms with van der Waals surface area (Å²) in [6, 6.07) is 5.80. The van der Waals surface area contributed by atoms with Gasteiger partial charge in [0.15, 0.2) is 0 Å². The molecule has 126 valence electrons. The van der Waals surface area contributed by atoms with Crippen LogP contribution in [-0.4, -0.2) is 20.9 Å². The van der Waals surface area contributed by atoms with Crippen molar-refractivity contribution in [3.05, 3.63) is 56.3 Å². The largest absolute Gasteiger partial charge is 0.331 e. The van der Waals surface area contributed by atoms with Crippen molar-refractivity contribution < 1.29 is 9.59 Å². The van der Waals surface area contributed by atoms with Crippen LogP contribution in [0.5, 0.6) is 0 Å². The Bertz CT molecular complexity index is 916. The molecular formula is C15H15ClN4O4. The van der Waals surface area contributed by atoms with E-state index < -0.39 is 17.2 Å². The lowest BCUT2D eigenvalue weighted by molar-refractivity contribution is -0.117. The molecule has 0 aliphatic rings. The minimum Gasteiger partial charge on any atom is -0.325 e. The number of benzene rings is 1. The van der Waals surface area contributed by atoms with Gasteiger partial charge in [0, 0.05) is 31.9 Å². The summed E-state index contributed by atoms with van der Waals surface area (Å²) in [7, 11) is 1.33. The Morgan fingerprint density at radius 1 is 1.17 bits per heavy atom. The molecule has 2 rings (SSSR count). The standard InChI is InChI=1S/C15H15ClN4O4/c1-9(21)17-12-7-10(3-4-11(12)16)18-13(22)8-20-6-5-14(23)19(2)15(20)24/h3-7H,8H2,1-2H3,(H,17,21)(H,18,22). The number of amides is 2. The van der Waals surface area contributed by atoms with E-state index in [0.29, 0.717) is 16.4 Å². The van der Waals surface area contributed by atoms with Crippen LogP contribution >= 0.6 is 11.6 Å². The molecule has 0 radical (unpaired) electrons. The highest BCUT2D eigenvalue weighted by Crippen LogP contribution is 2.25.